The number of carboxylic acids is 1. The second-order valence-electron chi connectivity index (χ2n) is 6.54. The van der Waals surface area contributed by atoms with E-state index in [9.17, 15) is 14.7 Å². The van der Waals surface area contributed by atoms with E-state index >= 15 is 0 Å². The number of nitrogens with zero attached hydrogens (tertiary/aromatic N) is 1. The number of likely N-dealkylation sites (tertiary alicyclic amines) is 1. The van der Waals surface area contributed by atoms with Gasteiger partial charge in [0, 0.05) is 11.6 Å². The number of hydrogen-bond acceptors (Lipinski definition) is 3. The molecule has 1 saturated heterocycles. The largest absolute Gasteiger partial charge is 0.490 e. The van der Waals surface area contributed by atoms with Crippen LogP contribution in [0.25, 0.3) is 0 Å². The standard InChI is InChI=1S/C19H23NO4/c1-2-11-24-15-9-7-13(8-10-15)18(21)20-16-6-4-3-5-14(16)12-17(20)19(22)23/h2,7-10,14,16-17H,1,3-6,11-12H2,(H,22,23). The topological polar surface area (TPSA) is 66.8 Å². The molecule has 1 aliphatic carbocycles. The van der Waals surface area contributed by atoms with Gasteiger partial charge in [-0.2, -0.15) is 0 Å². The van der Waals surface area contributed by atoms with E-state index in [-0.39, 0.29) is 11.9 Å². The Morgan fingerprint density at radius 1 is 1.25 bits per heavy atom. The zero-order valence-corrected chi connectivity index (χ0v) is 13.7. The summed E-state index contributed by atoms with van der Waals surface area (Å²) in [4.78, 5) is 26.2. The van der Waals surface area contributed by atoms with Gasteiger partial charge in [-0.1, -0.05) is 25.5 Å². The molecule has 1 saturated carbocycles. The summed E-state index contributed by atoms with van der Waals surface area (Å²) >= 11 is 0. The number of benzene rings is 1. The molecule has 2 fully saturated rings. The Hall–Kier alpha value is -2.30. The van der Waals surface area contributed by atoms with Gasteiger partial charge in [0.1, 0.15) is 18.4 Å². The molecule has 1 aromatic carbocycles. The number of carboxylic acid groups (broad SMARTS) is 1. The van der Waals surface area contributed by atoms with Crippen LogP contribution in [-0.4, -0.2) is 40.6 Å². The molecule has 5 heteroatoms. The van der Waals surface area contributed by atoms with E-state index in [4.69, 9.17) is 4.74 Å². The number of carbonyl (C=O) groups excluding carboxylic acids is 1. The summed E-state index contributed by atoms with van der Waals surface area (Å²) in [5.41, 5.74) is 0.512. The molecule has 1 N–H and O–H groups in total. The number of aliphatic carboxylic acids is 1. The van der Waals surface area contributed by atoms with Gasteiger partial charge in [0.15, 0.2) is 0 Å². The van der Waals surface area contributed by atoms with Gasteiger partial charge < -0.3 is 14.7 Å². The molecular formula is C19H23NO4. The summed E-state index contributed by atoms with van der Waals surface area (Å²) in [5, 5.41) is 9.54. The van der Waals surface area contributed by atoms with Crippen LogP contribution in [0.5, 0.6) is 5.75 Å². The Morgan fingerprint density at radius 2 is 1.96 bits per heavy atom. The fraction of sp³-hybridized carbons (Fsp3) is 0.474. The van der Waals surface area contributed by atoms with Crippen LogP contribution in [-0.2, 0) is 4.79 Å². The molecular weight excluding hydrogens is 306 g/mol. The molecule has 3 atom stereocenters. The molecule has 0 radical (unpaired) electrons. The molecule has 128 valence electrons. The number of fused-ring (bicyclic) bond motifs is 1. The lowest BCUT2D eigenvalue weighted by molar-refractivity contribution is -0.141. The fourth-order valence-corrected chi connectivity index (χ4v) is 3.97. The molecule has 0 bridgehead atoms. The first-order valence-corrected chi connectivity index (χ1v) is 8.51. The van der Waals surface area contributed by atoms with E-state index < -0.39 is 12.0 Å². The van der Waals surface area contributed by atoms with Crippen molar-refractivity contribution in [2.24, 2.45) is 5.92 Å². The van der Waals surface area contributed by atoms with Crippen molar-refractivity contribution >= 4 is 11.9 Å². The highest BCUT2D eigenvalue weighted by molar-refractivity contribution is 5.97. The van der Waals surface area contributed by atoms with Gasteiger partial charge in [-0.15, -0.1) is 0 Å². The van der Waals surface area contributed by atoms with Gasteiger partial charge in [0.25, 0.3) is 5.91 Å². The molecule has 5 nitrogen and oxygen atoms in total. The first-order valence-electron chi connectivity index (χ1n) is 8.51. The van der Waals surface area contributed by atoms with Crippen molar-refractivity contribution < 1.29 is 19.4 Å². The molecule has 0 spiro atoms. The van der Waals surface area contributed by atoms with Crippen LogP contribution in [0.2, 0.25) is 0 Å². The minimum Gasteiger partial charge on any atom is -0.490 e. The normalized spacial score (nSPS) is 25.8. The molecule has 0 aromatic heterocycles. The Morgan fingerprint density at radius 3 is 2.62 bits per heavy atom. The van der Waals surface area contributed by atoms with Crippen molar-refractivity contribution in [3.63, 3.8) is 0 Å². The average molecular weight is 329 g/mol. The first-order chi connectivity index (χ1) is 11.6. The molecule has 1 aliphatic heterocycles. The third-order valence-electron chi connectivity index (χ3n) is 5.08. The molecule has 24 heavy (non-hydrogen) atoms. The molecule has 1 aromatic rings. The predicted octanol–water partition coefficient (Wildman–Crippen LogP) is 3.11. The zero-order chi connectivity index (χ0) is 17.1. The van der Waals surface area contributed by atoms with Crippen LogP contribution in [0.15, 0.2) is 36.9 Å². The summed E-state index contributed by atoms with van der Waals surface area (Å²) in [5.74, 6) is -0.104. The maximum absolute atomic E-state index is 12.9. The predicted molar refractivity (Wildman–Crippen MR) is 90.1 cm³/mol. The van der Waals surface area contributed by atoms with E-state index in [1.807, 2.05) is 0 Å². The fourth-order valence-electron chi connectivity index (χ4n) is 3.97. The van der Waals surface area contributed by atoms with Gasteiger partial charge in [-0.25, -0.2) is 4.79 Å². The highest BCUT2D eigenvalue weighted by atomic mass is 16.5. The quantitative estimate of drug-likeness (QED) is 0.843. The summed E-state index contributed by atoms with van der Waals surface area (Å²) in [6.45, 7) is 4.00. The zero-order valence-electron chi connectivity index (χ0n) is 13.7. The van der Waals surface area contributed by atoms with Crippen molar-refractivity contribution in [3.05, 3.63) is 42.5 Å². The van der Waals surface area contributed by atoms with Gasteiger partial charge in [0.05, 0.1) is 0 Å². The van der Waals surface area contributed by atoms with E-state index in [0.29, 0.717) is 30.3 Å². The molecule has 3 rings (SSSR count). The van der Waals surface area contributed by atoms with E-state index in [1.54, 1.807) is 35.2 Å². The Balaban J connectivity index is 1.80. The lowest BCUT2D eigenvalue weighted by Gasteiger charge is -2.33. The van der Waals surface area contributed by atoms with Gasteiger partial charge in [-0.05, 0) is 49.4 Å². The minimum absolute atomic E-state index is 0.0593. The van der Waals surface area contributed by atoms with Gasteiger partial charge in [-0.3, -0.25) is 4.79 Å². The van der Waals surface area contributed by atoms with Crippen LogP contribution in [0.3, 0.4) is 0 Å². The Labute approximate surface area is 141 Å². The van der Waals surface area contributed by atoms with Crippen LogP contribution >= 0.6 is 0 Å². The third-order valence-corrected chi connectivity index (χ3v) is 5.08. The Kier molecular flexibility index (Phi) is 4.88. The lowest BCUT2D eigenvalue weighted by atomic mass is 9.84. The smallest absolute Gasteiger partial charge is 0.326 e. The third kappa shape index (κ3) is 3.16. The van der Waals surface area contributed by atoms with Crippen LogP contribution < -0.4 is 4.74 Å². The number of carbonyl (C=O) groups is 2. The number of rotatable bonds is 5. The summed E-state index contributed by atoms with van der Waals surface area (Å²) in [6, 6.07) is 6.24. The summed E-state index contributed by atoms with van der Waals surface area (Å²) in [7, 11) is 0. The number of amides is 1. The maximum atomic E-state index is 12.9. The summed E-state index contributed by atoms with van der Waals surface area (Å²) in [6.07, 6.45) is 6.35. The van der Waals surface area contributed by atoms with Crippen LogP contribution in [0.1, 0.15) is 42.5 Å². The second kappa shape index (κ2) is 7.07. The van der Waals surface area contributed by atoms with Crippen LogP contribution in [0.4, 0.5) is 0 Å². The van der Waals surface area contributed by atoms with Crippen molar-refractivity contribution in [2.75, 3.05) is 6.61 Å². The molecule has 2 aliphatic rings. The maximum Gasteiger partial charge on any atom is 0.326 e. The highest BCUT2D eigenvalue weighted by Crippen LogP contribution is 2.40. The van der Waals surface area contributed by atoms with Gasteiger partial charge in [0.2, 0.25) is 0 Å². The first kappa shape index (κ1) is 16.6. The van der Waals surface area contributed by atoms with Crippen molar-refractivity contribution in [1.29, 1.82) is 0 Å². The monoisotopic (exact) mass is 329 g/mol. The highest BCUT2D eigenvalue weighted by Gasteiger charge is 2.47. The molecule has 1 heterocycles. The van der Waals surface area contributed by atoms with E-state index in [2.05, 4.69) is 6.58 Å². The average Bonchev–Trinajstić information content (AvgIpc) is 2.99. The summed E-state index contributed by atoms with van der Waals surface area (Å²) < 4.78 is 5.42. The van der Waals surface area contributed by atoms with Gasteiger partial charge >= 0.3 is 5.97 Å². The number of hydrogen-bond donors (Lipinski definition) is 1. The second-order valence-corrected chi connectivity index (χ2v) is 6.54. The van der Waals surface area contributed by atoms with Crippen molar-refractivity contribution in [3.8, 4) is 5.75 Å². The number of ether oxygens (including phenoxy) is 1. The molecule has 3 unspecified atom stereocenters. The molecule has 1 amide bonds. The lowest BCUT2D eigenvalue weighted by Crippen LogP contribution is -2.46. The van der Waals surface area contributed by atoms with Crippen molar-refractivity contribution in [2.45, 2.75) is 44.2 Å². The van der Waals surface area contributed by atoms with Crippen LogP contribution in [0, 0.1) is 5.92 Å². The van der Waals surface area contributed by atoms with Crippen molar-refractivity contribution in [1.82, 2.24) is 4.90 Å². The SMILES string of the molecule is C=CCOc1ccc(C(=O)N2C(C(=O)O)CC3CCCCC32)cc1. The minimum atomic E-state index is -0.899. The Bertz CT molecular complexity index is 625. The van der Waals surface area contributed by atoms with E-state index in [0.717, 1.165) is 25.7 Å². The van der Waals surface area contributed by atoms with E-state index in [1.165, 1.54) is 0 Å².